The lowest BCUT2D eigenvalue weighted by atomic mass is 10.1. The number of carboxylic acids is 1. The maximum absolute atomic E-state index is 11.8. The molecule has 21 heavy (non-hydrogen) atoms. The Hall–Kier alpha value is -1.89. The van der Waals surface area contributed by atoms with Crippen molar-refractivity contribution in [3.05, 3.63) is 34.3 Å². The van der Waals surface area contributed by atoms with Crippen LogP contribution in [0.4, 0.5) is 0 Å². The number of amides is 2. The van der Waals surface area contributed by atoms with Gasteiger partial charge in [-0.05, 0) is 30.7 Å². The number of benzene rings is 1. The summed E-state index contributed by atoms with van der Waals surface area (Å²) in [6, 6.07) is 5.75. The Morgan fingerprint density at radius 2 is 1.86 bits per heavy atom. The van der Waals surface area contributed by atoms with Crippen molar-refractivity contribution in [1.29, 1.82) is 0 Å². The van der Waals surface area contributed by atoms with E-state index in [2.05, 4.69) is 26.6 Å². The minimum absolute atomic E-state index is 0.262. The second-order valence-electron chi connectivity index (χ2n) is 4.44. The van der Waals surface area contributed by atoms with Crippen molar-refractivity contribution in [2.45, 2.75) is 25.8 Å². The largest absolute Gasteiger partial charge is 0.480 e. The third-order valence-corrected chi connectivity index (χ3v) is 3.26. The highest BCUT2D eigenvalue weighted by molar-refractivity contribution is 9.10. The van der Waals surface area contributed by atoms with Crippen molar-refractivity contribution in [3.63, 3.8) is 0 Å². The molecule has 114 valence electrons. The molecule has 3 N–H and O–H groups in total. The van der Waals surface area contributed by atoms with E-state index in [4.69, 9.17) is 5.11 Å². The molecule has 1 rings (SSSR count). The number of carbonyl (C=O) groups excluding carboxylic acids is 2. The third-order valence-electron chi connectivity index (χ3n) is 2.73. The van der Waals surface area contributed by atoms with Crippen molar-refractivity contribution < 1.29 is 19.5 Å². The van der Waals surface area contributed by atoms with E-state index in [-0.39, 0.29) is 12.5 Å². The van der Waals surface area contributed by atoms with Crippen LogP contribution in [0.5, 0.6) is 0 Å². The van der Waals surface area contributed by atoms with Crippen LogP contribution in [0.2, 0.25) is 0 Å². The van der Waals surface area contributed by atoms with Crippen LogP contribution in [-0.4, -0.2) is 35.5 Å². The van der Waals surface area contributed by atoms with E-state index in [0.29, 0.717) is 18.4 Å². The number of aliphatic carboxylic acids is 1. The second kappa shape index (κ2) is 8.41. The zero-order chi connectivity index (χ0) is 15.8. The Morgan fingerprint density at radius 1 is 1.24 bits per heavy atom. The molecule has 0 saturated carbocycles. The SMILES string of the molecule is CCC[C@H](NC(=O)CNC(=O)c1ccc(Br)cc1)C(=O)O. The molecule has 1 aromatic carbocycles. The lowest BCUT2D eigenvalue weighted by Crippen LogP contribution is -2.45. The molecule has 2 amide bonds. The molecule has 6 nitrogen and oxygen atoms in total. The molecule has 1 atom stereocenters. The van der Waals surface area contributed by atoms with E-state index < -0.39 is 17.9 Å². The Labute approximate surface area is 131 Å². The summed E-state index contributed by atoms with van der Waals surface area (Å²) >= 11 is 3.26. The minimum atomic E-state index is -1.08. The van der Waals surface area contributed by atoms with Gasteiger partial charge in [-0.3, -0.25) is 9.59 Å². The molecule has 0 aromatic heterocycles. The average Bonchev–Trinajstić information content (AvgIpc) is 2.45. The van der Waals surface area contributed by atoms with Gasteiger partial charge in [0.25, 0.3) is 5.91 Å². The maximum Gasteiger partial charge on any atom is 0.326 e. The van der Waals surface area contributed by atoms with Crippen LogP contribution in [0.25, 0.3) is 0 Å². The van der Waals surface area contributed by atoms with Crippen molar-refractivity contribution >= 4 is 33.7 Å². The van der Waals surface area contributed by atoms with Crippen LogP contribution in [-0.2, 0) is 9.59 Å². The third kappa shape index (κ3) is 5.95. The van der Waals surface area contributed by atoms with E-state index >= 15 is 0 Å². The summed E-state index contributed by atoms with van der Waals surface area (Å²) in [7, 11) is 0. The van der Waals surface area contributed by atoms with Crippen LogP contribution < -0.4 is 10.6 Å². The van der Waals surface area contributed by atoms with Crippen LogP contribution in [0, 0.1) is 0 Å². The number of carboxylic acid groups (broad SMARTS) is 1. The summed E-state index contributed by atoms with van der Waals surface area (Å²) < 4.78 is 0.848. The molecular formula is C14H17BrN2O4. The molecule has 0 saturated heterocycles. The standard InChI is InChI=1S/C14H17BrN2O4/c1-2-3-11(14(20)21)17-12(18)8-16-13(19)9-4-6-10(15)7-5-9/h4-7,11H,2-3,8H2,1H3,(H,16,19)(H,17,18)(H,20,21)/t11-/m0/s1. The number of halogens is 1. The number of hydrogen-bond acceptors (Lipinski definition) is 3. The first-order chi connectivity index (χ1) is 9.93. The van der Waals surface area contributed by atoms with Crippen LogP contribution in [0.1, 0.15) is 30.1 Å². The van der Waals surface area contributed by atoms with E-state index in [9.17, 15) is 14.4 Å². The number of nitrogens with one attached hydrogen (secondary N) is 2. The Balaban J connectivity index is 2.46. The number of carbonyl (C=O) groups is 3. The molecule has 0 aliphatic rings. The quantitative estimate of drug-likeness (QED) is 0.690. The summed E-state index contributed by atoms with van der Waals surface area (Å²) in [5.41, 5.74) is 0.425. The Bertz CT molecular complexity index is 516. The van der Waals surface area contributed by atoms with Crippen molar-refractivity contribution in [2.75, 3.05) is 6.54 Å². The predicted molar refractivity (Wildman–Crippen MR) is 80.9 cm³/mol. The van der Waals surface area contributed by atoms with Crippen LogP contribution in [0.15, 0.2) is 28.7 Å². The van der Waals surface area contributed by atoms with Gasteiger partial charge in [-0.25, -0.2) is 4.79 Å². The highest BCUT2D eigenvalue weighted by Crippen LogP contribution is 2.10. The predicted octanol–water partition coefficient (Wildman–Crippen LogP) is 1.55. The van der Waals surface area contributed by atoms with Gasteiger partial charge in [-0.15, -0.1) is 0 Å². The molecular weight excluding hydrogens is 340 g/mol. The van der Waals surface area contributed by atoms with Crippen molar-refractivity contribution in [2.24, 2.45) is 0 Å². The molecule has 0 radical (unpaired) electrons. The smallest absolute Gasteiger partial charge is 0.326 e. The fourth-order valence-electron chi connectivity index (χ4n) is 1.66. The number of hydrogen-bond donors (Lipinski definition) is 3. The summed E-state index contributed by atoms with van der Waals surface area (Å²) in [6.07, 6.45) is 0.990. The maximum atomic E-state index is 11.8. The summed E-state index contributed by atoms with van der Waals surface area (Å²) in [5, 5.41) is 13.7. The lowest BCUT2D eigenvalue weighted by Gasteiger charge is -2.13. The lowest BCUT2D eigenvalue weighted by molar-refractivity contribution is -0.141. The highest BCUT2D eigenvalue weighted by atomic mass is 79.9. The summed E-state index contributed by atoms with van der Waals surface area (Å²) in [4.78, 5) is 34.3. The topological polar surface area (TPSA) is 95.5 Å². The molecule has 1 aromatic rings. The average molecular weight is 357 g/mol. The molecule has 0 fully saturated rings. The minimum Gasteiger partial charge on any atom is -0.480 e. The van der Waals surface area contributed by atoms with Gasteiger partial charge >= 0.3 is 5.97 Å². The monoisotopic (exact) mass is 356 g/mol. The van der Waals surface area contributed by atoms with Gasteiger partial charge in [0, 0.05) is 10.0 Å². The fraction of sp³-hybridized carbons (Fsp3) is 0.357. The molecule has 0 aliphatic carbocycles. The highest BCUT2D eigenvalue weighted by Gasteiger charge is 2.18. The molecule has 0 heterocycles. The van der Waals surface area contributed by atoms with Crippen LogP contribution >= 0.6 is 15.9 Å². The molecule has 0 unspecified atom stereocenters. The molecule has 7 heteroatoms. The van der Waals surface area contributed by atoms with Gasteiger partial charge in [0.05, 0.1) is 6.54 Å². The first-order valence-electron chi connectivity index (χ1n) is 6.50. The summed E-state index contributed by atoms with van der Waals surface area (Å²) in [5.74, 6) is -1.99. The van der Waals surface area contributed by atoms with E-state index in [0.717, 1.165) is 4.47 Å². The molecule has 0 spiro atoms. The van der Waals surface area contributed by atoms with Crippen LogP contribution in [0.3, 0.4) is 0 Å². The van der Waals surface area contributed by atoms with Crippen molar-refractivity contribution in [1.82, 2.24) is 10.6 Å². The number of rotatable bonds is 7. The zero-order valence-corrected chi connectivity index (χ0v) is 13.1. The van der Waals surface area contributed by atoms with E-state index in [1.54, 1.807) is 24.3 Å². The van der Waals surface area contributed by atoms with Gasteiger partial charge in [-0.1, -0.05) is 29.3 Å². The first kappa shape index (κ1) is 17.2. The van der Waals surface area contributed by atoms with Gasteiger partial charge < -0.3 is 15.7 Å². The zero-order valence-electron chi connectivity index (χ0n) is 11.6. The fourth-order valence-corrected chi connectivity index (χ4v) is 1.92. The van der Waals surface area contributed by atoms with E-state index in [1.807, 2.05) is 6.92 Å². The molecule has 0 aliphatic heterocycles. The normalized spacial score (nSPS) is 11.5. The first-order valence-corrected chi connectivity index (χ1v) is 7.29. The van der Waals surface area contributed by atoms with Gasteiger partial charge in [0.1, 0.15) is 6.04 Å². The Kier molecular flexibility index (Phi) is 6.87. The van der Waals surface area contributed by atoms with Gasteiger partial charge in [-0.2, -0.15) is 0 Å². The van der Waals surface area contributed by atoms with Crippen molar-refractivity contribution in [3.8, 4) is 0 Å². The Morgan fingerprint density at radius 3 is 2.38 bits per heavy atom. The second-order valence-corrected chi connectivity index (χ2v) is 5.35. The van der Waals surface area contributed by atoms with Gasteiger partial charge in [0.15, 0.2) is 0 Å². The summed E-state index contributed by atoms with van der Waals surface area (Å²) in [6.45, 7) is 1.57. The van der Waals surface area contributed by atoms with Gasteiger partial charge in [0.2, 0.25) is 5.91 Å². The molecule has 0 bridgehead atoms. The van der Waals surface area contributed by atoms with E-state index in [1.165, 1.54) is 0 Å².